The Morgan fingerprint density at radius 1 is 1.33 bits per heavy atom. The molecular weight excluding hydrogens is 312 g/mol. The van der Waals surface area contributed by atoms with E-state index >= 15 is 0 Å². The van der Waals surface area contributed by atoms with Crippen molar-refractivity contribution in [2.75, 3.05) is 0 Å². The fraction of sp³-hybridized carbons (Fsp3) is 0.643. The van der Waals surface area contributed by atoms with E-state index in [4.69, 9.17) is 10.7 Å². The Labute approximate surface area is 131 Å². The molecule has 1 N–H and O–H groups in total. The third-order valence-electron chi connectivity index (χ3n) is 3.75. The van der Waals surface area contributed by atoms with E-state index in [-0.39, 0.29) is 22.9 Å². The summed E-state index contributed by atoms with van der Waals surface area (Å²) in [7, 11) is 1.51. The Morgan fingerprint density at radius 2 is 1.90 bits per heavy atom. The van der Waals surface area contributed by atoms with Gasteiger partial charge in [-0.3, -0.25) is 4.79 Å². The van der Waals surface area contributed by atoms with Gasteiger partial charge < -0.3 is 9.88 Å². The van der Waals surface area contributed by atoms with Crippen molar-refractivity contribution in [1.29, 1.82) is 0 Å². The number of hydrogen-bond acceptors (Lipinski definition) is 3. The summed E-state index contributed by atoms with van der Waals surface area (Å²) >= 11 is 0. The van der Waals surface area contributed by atoms with E-state index in [0.29, 0.717) is 11.6 Å². The predicted octanol–water partition coefficient (Wildman–Crippen LogP) is 3.16. The lowest BCUT2D eigenvalue weighted by Gasteiger charge is -2.21. The van der Waals surface area contributed by atoms with Gasteiger partial charge in [-0.15, -0.1) is 0 Å². The first-order chi connectivity index (χ1) is 9.57. The first kappa shape index (κ1) is 18.0. The van der Waals surface area contributed by atoms with E-state index in [9.17, 15) is 13.2 Å². The number of nitrogens with zero attached hydrogens (tertiary/aromatic N) is 1. The zero-order valence-electron chi connectivity index (χ0n) is 13.1. The summed E-state index contributed by atoms with van der Waals surface area (Å²) in [4.78, 5) is 12.3. The van der Waals surface area contributed by atoms with Crippen LogP contribution in [0.1, 0.15) is 57.6 Å². The van der Waals surface area contributed by atoms with Gasteiger partial charge in [-0.1, -0.05) is 20.3 Å². The highest BCUT2D eigenvalue weighted by Gasteiger charge is 2.23. The second kappa shape index (κ2) is 6.83. The van der Waals surface area contributed by atoms with Crippen molar-refractivity contribution in [1.82, 2.24) is 9.88 Å². The minimum Gasteiger partial charge on any atom is -0.348 e. The number of rotatable bonds is 6. The quantitative estimate of drug-likeness (QED) is 0.812. The molecule has 0 aromatic carbocycles. The molecule has 7 heteroatoms. The highest BCUT2D eigenvalue weighted by molar-refractivity contribution is 8.13. The molecule has 2 unspecified atom stereocenters. The third-order valence-corrected chi connectivity index (χ3v) is 5.07. The number of aromatic nitrogens is 1. The number of amides is 1. The summed E-state index contributed by atoms with van der Waals surface area (Å²) < 4.78 is 24.5. The van der Waals surface area contributed by atoms with Crippen LogP contribution in [0.2, 0.25) is 0 Å². The van der Waals surface area contributed by atoms with E-state index in [1.54, 1.807) is 4.57 Å². The molecule has 1 heterocycles. The van der Waals surface area contributed by atoms with Gasteiger partial charge in [-0.05, 0) is 32.8 Å². The van der Waals surface area contributed by atoms with E-state index in [1.807, 2.05) is 20.8 Å². The lowest BCUT2D eigenvalue weighted by Crippen LogP contribution is -2.37. The van der Waals surface area contributed by atoms with Crippen LogP contribution in [0.15, 0.2) is 17.2 Å². The molecule has 120 valence electrons. The van der Waals surface area contributed by atoms with Crippen LogP contribution in [0.25, 0.3) is 0 Å². The Morgan fingerprint density at radius 3 is 2.33 bits per heavy atom. The van der Waals surface area contributed by atoms with Gasteiger partial charge in [0.05, 0.1) is 0 Å². The molecule has 0 saturated carbocycles. The van der Waals surface area contributed by atoms with E-state index in [0.717, 1.165) is 6.42 Å². The maximum absolute atomic E-state index is 12.4. The van der Waals surface area contributed by atoms with E-state index < -0.39 is 9.05 Å². The molecule has 1 aromatic rings. The van der Waals surface area contributed by atoms with Crippen molar-refractivity contribution in [3.63, 3.8) is 0 Å². The zero-order chi connectivity index (χ0) is 16.4. The molecule has 0 aliphatic heterocycles. The summed E-state index contributed by atoms with van der Waals surface area (Å²) in [6.45, 7) is 9.80. The van der Waals surface area contributed by atoms with Crippen LogP contribution in [0.3, 0.4) is 0 Å². The molecular formula is C14H23ClN2O3S. The summed E-state index contributed by atoms with van der Waals surface area (Å²) in [5.41, 5.74) is 0.305. The highest BCUT2D eigenvalue weighted by Crippen LogP contribution is 2.22. The zero-order valence-corrected chi connectivity index (χ0v) is 14.6. The number of nitrogens with one attached hydrogen (secondary N) is 1. The largest absolute Gasteiger partial charge is 0.348 e. The van der Waals surface area contributed by atoms with Crippen LogP contribution in [0, 0.1) is 5.92 Å². The highest BCUT2D eigenvalue weighted by atomic mass is 35.7. The van der Waals surface area contributed by atoms with Gasteiger partial charge in [0, 0.05) is 29.0 Å². The number of hydrogen-bond donors (Lipinski definition) is 1. The molecule has 0 spiro atoms. The van der Waals surface area contributed by atoms with Gasteiger partial charge in [-0.25, -0.2) is 8.42 Å². The van der Waals surface area contributed by atoms with Crippen molar-refractivity contribution >= 4 is 25.6 Å². The molecule has 1 rings (SSSR count). The maximum atomic E-state index is 12.4. The minimum atomic E-state index is -3.85. The maximum Gasteiger partial charge on any atom is 0.268 e. The van der Waals surface area contributed by atoms with Gasteiger partial charge in [0.1, 0.15) is 10.6 Å². The van der Waals surface area contributed by atoms with Gasteiger partial charge >= 0.3 is 0 Å². The minimum absolute atomic E-state index is 0.00840. The van der Waals surface area contributed by atoms with Crippen molar-refractivity contribution < 1.29 is 13.2 Å². The molecule has 0 radical (unpaired) electrons. The van der Waals surface area contributed by atoms with Crippen LogP contribution < -0.4 is 5.32 Å². The smallest absolute Gasteiger partial charge is 0.268 e. The van der Waals surface area contributed by atoms with Crippen LogP contribution in [0.5, 0.6) is 0 Å². The lowest BCUT2D eigenvalue weighted by atomic mass is 10.0. The monoisotopic (exact) mass is 334 g/mol. The fourth-order valence-electron chi connectivity index (χ4n) is 1.97. The second-order valence-corrected chi connectivity index (χ2v) is 8.21. The topological polar surface area (TPSA) is 68.2 Å². The van der Waals surface area contributed by atoms with E-state index in [2.05, 4.69) is 19.2 Å². The van der Waals surface area contributed by atoms with Crippen LogP contribution in [-0.2, 0) is 9.05 Å². The number of carbonyl (C=O) groups excluding carboxylic acids is 1. The second-order valence-electron chi connectivity index (χ2n) is 5.65. The number of halogens is 1. The Hall–Kier alpha value is -1.01. The van der Waals surface area contributed by atoms with Crippen LogP contribution in [0.4, 0.5) is 0 Å². The van der Waals surface area contributed by atoms with Crippen molar-refractivity contribution in [3.8, 4) is 0 Å². The fourth-order valence-corrected chi connectivity index (χ4v) is 2.72. The SMILES string of the molecule is CCC(C)C(C)NC(=O)c1cc(S(=O)(=O)Cl)cn1C(C)C. The first-order valence-electron chi connectivity index (χ1n) is 7.05. The van der Waals surface area contributed by atoms with Crippen LogP contribution >= 0.6 is 10.7 Å². The summed E-state index contributed by atoms with van der Waals surface area (Å²) in [5, 5.41) is 2.91. The van der Waals surface area contributed by atoms with Crippen molar-refractivity contribution in [2.45, 2.75) is 58.0 Å². The van der Waals surface area contributed by atoms with Gasteiger partial charge in [0.2, 0.25) is 0 Å². The molecule has 1 amide bonds. The summed E-state index contributed by atoms with van der Waals surface area (Å²) in [6.07, 6.45) is 2.35. The molecule has 0 aliphatic carbocycles. The Kier molecular flexibility index (Phi) is 5.87. The normalized spacial score (nSPS) is 15.0. The average molecular weight is 335 g/mol. The molecule has 0 saturated heterocycles. The first-order valence-corrected chi connectivity index (χ1v) is 9.36. The molecule has 2 atom stereocenters. The molecule has 0 fully saturated rings. The van der Waals surface area contributed by atoms with E-state index in [1.165, 1.54) is 12.3 Å². The van der Waals surface area contributed by atoms with Crippen molar-refractivity contribution in [3.05, 3.63) is 18.0 Å². The standard InChI is InChI=1S/C14H23ClN2O3S/c1-6-10(4)11(5)16-14(18)13-7-12(21(15,19)20)8-17(13)9(2)3/h7-11H,6H2,1-5H3,(H,16,18). The molecule has 0 bridgehead atoms. The predicted molar refractivity (Wildman–Crippen MR) is 84.2 cm³/mol. The lowest BCUT2D eigenvalue weighted by molar-refractivity contribution is 0.0917. The molecule has 0 aliphatic rings. The van der Waals surface area contributed by atoms with Crippen molar-refractivity contribution in [2.24, 2.45) is 5.92 Å². The Balaban J connectivity index is 3.11. The molecule has 21 heavy (non-hydrogen) atoms. The van der Waals surface area contributed by atoms with Gasteiger partial charge in [0.25, 0.3) is 15.0 Å². The number of carbonyl (C=O) groups is 1. The third kappa shape index (κ3) is 4.48. The summed E-state index contributed by atoms with van der Waals surface area (Å²) in [6, 6.07) is 1.28. The molecule has 1 aromatic heterocycles. The average Bonchev–Trinajstić information content (AvgIpc) is 2.82. The van der Waals surface area contributed by atoms with Crippen LogP contribution in [-0.4, -0.2) is 24.9 Å². The van der Waals surface area contributed by atoms with Gasteiger partial charge in [0.15, 0.2) is 0 Å². The van der Waals surface area contributed by atoms with Gasteiger partial charge in [-0.2, -0.15) is 0 Å². The molecule has 5 nitrogen and oxygen atoms in total. The summed E-state index contributed by atoms with van der Waals surface area (Å²) in [5.74, 6) is 0.0516. The Bertz CT molecular complexity index is 608.